The molecule has 32 heavy (non-hydrogen) atoms. The molecule has 0 atom stereocenters. The fourth-order valence-corrected chi connectivity index (χ4v) is 8.33. The topological polar surface area (TPSA) is 87.1 Å². The van der Waals surface area contributed by atoms with Crippen LogP contribution in [0.2, 0.25) is 0 Å². The monoisotopic (exact) mass is 446 g/mol. The van der Waals surface area contributed by atoms with Gasteiger partial charge in [0.15, 0.2) is 0 Å². The third-order valence-corrected chi connectivity index (χ3v) is 9.24. The maximum Gasteiger partial charge on any atom is 0.277 e. The molecule has 2 N–H and O–H groups in total. The second-order valence-electron chi connectivity index (χ2n) is 10.5. The Morgan fingerprint density at radius 3 is 2.25 bits per heavy atom. The predicted octanol–water partition coefficient (Wildman–Crippen LogP) is 4.77. The first-order valence-corrected chi connectivity index (χ1v) is 12.4. The zero-order valence-corrected chi connectivity index (χ0v) is 18.7. The third kappa shape index (κ3) is 3.36. The van der Waals surface area contributed by atoms with Crippen LogP contribution in [0.3, 0.4) is 0 Å². The maximum atomic E-state index is 13.0. The summed E-state index contributed by atoms with van der Waals surface area (Å²) in [6.07, 6.45) is 9.20. The highest BCUT2D eigenvalue weighted by molar-refractivity contribution is 7.18. The highest BCUT2D eigenvalue weighted by atomic mass is 32.1. The van der Waals surface area contributed by atoms with Gasteiger partial charge >= 0.3 is 0 Å². The van der Waals surface area contributed by atoms with E-state index >= 15 is 0 Å². The van der Waals surface area contributed by atoms with Gasteiger partial charge in [-0.25, -0.2) is 0 Å². The van der Waals surface area contributed by atoms with Gasteiger partial charge in [0.25, 0.3) is 11.8 Å². The predicted molar refractivity (Wildman–Crippen MR) is 123 cm³/mol. The number of carbonyl (C=O) groups is 3. The number of benzene rings is 1. The molecule has 164 valence electrons. The van der Waals surface area contributed by atoms with E-state index in [2.05, 4.69) is 5.32 Å². The van der Waals surface area contributed by atoms with E-state index in [-0.39, 0.29) is 11.1 Å². The average molecular weight is 447 g/mol. The van der Waals surface area contributed by atoms with E-state index in [0.29, 0.717) is 22.6 Å². The third-order valence-electron chi connectivity index (χ3n) is 8.03. The summed E-state index contributed by atoms with van der Waals surface area (Å²) in [5, 5.41) is 10.1. The van der Waals surface area contributed by atoms with Crippen molar-refractivity contribution < 1.29 is 14.4 Å². The van der Waals surface area contributed by atoms with E-state index in [0.717, 1.165) is 40.2 Å². The number of ketones is 1. The number of amides is 2. The minimum absolute atomic E-state index is 0.164. The first kappa shape index (κ1) is 20.0. The number of hydrogen-bond acceptors (Lipinski definition) is 5. The SMILES string of the molecule is N=C1C(=O)NC(=O)c2cc(-c3ccc(CC(=O)CC45CC6CC(CC(C6)C4)C5)cc3)sc21. The molecule has 2 amide bonds. The fraction of sp³-hybridized carbons (Fsp3) is 0.462. The van der Waals surface area contributed by atoms with Gasteiger partial charge in [0.2, 0.25) is 0 Å². The number of Topliss-reactive ketones (excluding diaryl/α,β-unsaturated/α-hetero) is 1. The Labute approximate surface area is 191 Å². The number of imide groups is 1. The molecule has 0 saturated heterocycles. The highest BCUT2D eigenvalue weighted by Crippen LogP contribution is 2.61. The van der Waals surface area contributed by atoms with E-state index < -0.39 is 11.8 Å². The van der Waals surface area contributed by atoms with E-state index in [1.165, 1.54) is 49.9 Å². The first-order chi connectivity index (χ1) is 15.4. The van der Waals surface area contributed by atoms with Gasteiger partial charge in [0.05, 0.1) is 10.4 Å². The van der Waals surface area contributed by atoms with Gasteiger partial charge in [0.1, 0.15) is 11.5 Å². The minimum atomic E-state index is -0.649. The van der Waals surface area contributed by atoms with Crippen LogP contribution in [0.25, 0.3) is 10.4 Å². The summed E-state index contributed by atoms with van der Waals surface area (Å²) in [7, 11) is 0. The standard InChI is InChI=1S/C26H26N2O3S/c27-22-23-20(24(30)28-25(22)31)9-21(32-23)18-3-1-14(2-4-18)8-19(29)13-26-10-15-5-16(11-26)7-17(6-15)12-26/h1-4,9,15-17,27H,5-8,10-13H2,(H,28,30,31). The molecule has 4 bridgehead atoms. The molecule has 6 heteroatoms. The van der Waals surface area contributed by atoms with Crippen LogP contribution in [-0.2, 0) is 16.0 Å². The summed E-state index contributed by atoms with van der Waals surface area (Å²) < 4.78 is 0. The second-order valence-corrected chi connectivity index (χ2v) is 11.6. The Morgan fingerprint density at radius 1 is 1.00 bits per heavy atom. The van der Waals surface area contributed by atoms with Crippen LogP contribution in [0, 0.1) is 28.6 Å². The zero-order valence-electron chi connectivity index (χ0n) is 17.9. The summed E-state index contributed by atoms with van der Waals surface area (Å²) in [6, 6.07) is 9.65. The number of nitrogens with one attached hydrogen (secondary N) is 2. The van der Waals surface area contributed by atoms with Gasteiger partial charge in [-0.3, -0.25) is 25.1 Å². The summed E-state index contributed by atoms with van der Waals surface area (Å²) in [5.74, 6) is 1.85. The van der Waals surface area contributed by atoms with Crippen molar-refractivity contribution in [2.24, 2.45) is 23.2 Å². The van der Waals surface area contributed by atoms with Crippen molar-refractivity contribution in [1.29, 1.82) is 5.41 Å². The Balaban J connectivity index is 1.15. The maximum absolute atomic E-state index is 13.0. The molecular formula is C26H26N2O3S. The summed E-state index contributed by atoms with van der Waals surface area (Å²) in [4.78, 5) is 38.0. The average Bonchev–Trinajstić information content (AvgIpc) is 3.17. The van der Waals surface area contributed by atoms with Crippen molar-refractivity contribution in [1.82, 2.24) is 5.32 Å². The molecule has 0 radical (unpaired) electrons. The molecule has 4 aliphatic carbocycles. The van der Waals surface area contributed by atoms with Crippen molar-refractivity contribution in [3.63, 3.8) is 0 Å². The van der Waals surface area contributed by atoms with Crippen molar-refractivity contribution >= 4 is 34.6 Å². The van der Waals surface area contributed by atoms with Gasteiger partial charge in [-0.2, -0.15) is 0 Å². The zero-order chi connectivity index (χ0) is 22.0. The Morgan fingerprint density at radius 2 is 1.62 bits per heavy atom. The molecule has 2 aromatic rings. The molecule has 4 saturated carbocycles. The Bertz CT molecular complexity index is 1120. The van der Waals surface area contributed by atoms with Crippen molar-refractivity contribution in [2.45, 2.75) is 51.4 Å². The Hall–Kier alpha value is -2.60. The number of hydrogen-bond donors (Lipinski definition) is 2. The van der Waals surface area contributed by atoms with Crippen LogP contribution in [0.1, 0.15) is 65.7 Å². The Kier molecular flexibility index (Phi) is 4.51. The van der Waals surface area contributed by atoms with Crippen molar-refractivity contribution in [3.05, 3.63) is 46.3 Å². The molecule has 0 unspecified atom stereocenters. The number of carbonyl (C=O) groups excluding carboxylic acids is 3. The summed E-state index contributed by atoms with van der Waals surface area (Å²) in [5.41, 5.74) is 2.44. The van der Waals surface area contributed by atoms with Gasteiger partial charge in [0, 0.05) is 17.7 Å². The number of rotatable bonds is 5. The van der Waals surface area contributed by atoms with Crippen LogP contribution in [0.5, 0.6) is 0 Å². The lowest BCUT2D eigenvalue weighted by Gasteiger charge is -2.56. The molecule has 7 rings (SSSR count). The highest BCUT2D eigenvalue weighted by Gasteiger charge is 2.51. The first-order valence-electron chi connectivity index (χ1n) is 11.6. The van der Waals surface area contributed by atoms with Gasteiger partial charge in [-0.05, 0) is 78.9 Å². The molecule has 5 aliphatic rings. The number of thiophene rings is 1. The van der Waals surface area contributed by atoms with Crippen LogP contribution in [-0.4, -0.2) is 23.3 Å². The van der Waals surface area contributed by atoms with Crippen LogP contribution in [0.4, 0.5) is 0 Å². The fourth-order valence-electron chi connectivity index (χ4n) is 7.23. The van der Waals surface area contributed by atoms with Gasteiger partial charge in [-0.15, -0.1) is 11.3 Å². The van der Waals surface area contributed by atoms with Crippen LogP contribution >= 0.6 is 11.3 Å². The molecule has 1 aromatic heterocycles. The summed E-state index contributed by atoms with van der Waals surface area (Å²) in [6.45, 7) is 0. The molecule has 2 heterocycles. The lowest BCUT2D eigenvalue weighted by molar-refractivity contribution is -0.126. The van der Waals surface area contributed by atoms with E-state index in [4.69, 9.17) is 5.41 Å². The molecule has 5 nitrogen and oxygen atoms in total. The molecule has 0 spiro atoms. The normalized spacial score (nSPS) is 30.4. The van der Waals surface area contributed by atoms with Crippen molar-refractivity contribution in [2.75, 3.05) is 0 Å². The lowest BCUT2D eigenvalue weighted by atomic mass is 9.48. The second kappa shape index (κ2) is 7.20. The molecule has 1 aliphatic heterocycles. The van der Waals surface area contributed by atoms with E-state index in [1.54, 1.807) is 6.07 Å². The lowest BCUT2D eigenvalue weighted by Crippen LogP contribution is -2.47. The van der Waals surface area contributed by atoms with E-state index in [9.17, 15) is 14.4 Å². The van der Waals surface area contributed by atoms with E-state index in [1.807, 2.05) is 24.3 Å². The molecule has 4 fully saturated rings. The number of fused-ring (bicyclic) bond motifs is 1. The minimum Gasteiger partial charge on any atom is -0.299 e. The van der Waals surface area contributed by atoms with Crippen molar-refractivity contribution in [3.8, 4) is 10.4 Å². The van der Waals surface area contributed by atoms with Gasteiger partial charge < -0.3 is 0 Å². The quantitative estimate of drug-likeness (QED) is 0.649. The largest absolute Gasteiger partial charge is 0.299 e. The molecule has 1 aromatic carbocycles. The smallest absolute Gasteiger partial charge is 0.277 e. The van der Waals surface area contributed by atoms with Crippen LogP contribution < -0.4 is 5.32 Å². The summed E-state index contributed by atoms with van der Waals surface area (Å²) >= 11 is 1.29. The van der Waals surface area contributed by atoms with Gasteiger partial charge in [-0.1, -0.05) is 24.3 Å². The molecular weight excluding hydrogens is 420 g/mol. The van der Waals surface area contributed by atoms with Crippen LogP contribution in [0.15, 0.2) is 30.3 Å².